The molecule has 1 saturated heterocycles. The third kappa shape index (κ3) is 5.53. The number of carbonyl (C=O) groups is 3. The van der Waals surface area contributed by atoms with Crippen molar-refractivity contribution >= 4 is 23.5 Å². The minimum absolute atomic E-state index is 0.0476. The number of esters is 1. The second-order valence-electron chi connectivity index (χ2n) is 5.14. The summed E-state index contributed by atoms with van der Waals surface area (Å²) in [5, 5.41) is 13.0. The molecule has 2 rings (SSSR count). The molecule has 0 atom stereocenters. The molecule has 134 valence electrons. The van der Waals surface area contributed by atoms with E-state index in [4.69, 9.17) is 9.47 Å². The highest BCUT2D eigenvalue weighted by Crippen LogP contribution is 2.12. The van der Waals surface area contributed by atoms with Gasteiger partial charge in [-0.1, -0.05) is 6.07 Å². The Kier molecular flexibility index (Phi) is 6.40. The summed E-state index contributed by atoms with van der Waals surface area (Å²) in [5.74, 6) is -1.76. The van der Waals surface area contributed by atoms with E-state index in [-0.39, 0.29) is 17.2 Å². The Labute approximate surface area is 142 Å². The van der Waals surface area contributed by atoms with E-state index in [1.54, 1.807) is 0 Å². The van der Waals surface area contributed by atoms with Gasteiger partial charge in [-0.25, -0.2) is 0 Å². The van der Waals surface area contributed by atoms with Gasteiger partial charge >= 0.3 is 5.97 Å². The smallest absolute Gasteiger partial charge is 0.325 e. The first-order chi connectivity index (χ1) is 12.0. The van der Waals surface area contributed by atoms with Crippen LogP contribution in [0.1, 0.15) is 10.4 Å². The number of nitrogens with one attached hydrogen (secondary N) is 1. The molecular weight excluding hydrogens is 334 g/mol. The number of carbonyl (C=O) groups excluding carboxylic acids is 3. The maximum Gasteiger partial charge on any atom is 0.325 e. The zero-order valence-electron chi connectivity index (χ0n) is 13.3. The number of morpholine rings is 1. The molecule has 0 unspecified atom stereocenters. The fraction of sp³-hybridized carbons (Fsp3) is 0.400. The van der Waals surface area contributed by atoms with Crippen molar-refractivity contribution in [1.29, 1.82) is 0 Å². The van der Waals surface area contributed by atoms with Crippen molar-refractivity contribution in [1.82, 2.24) is 10.2 Å². The minimum atomic E-state index is -0.777. The summed E-state index contributed by atoms with van der Waals surface area (Å²) in [6, 6.07) is 5.10. The molecule has 0 spiro atoms. The zero-order valence-corrected chi connectivity index (χ0v) is 13.3. The average Bonchev–Trinajstić information content (AvgIpc) is 2.64. The number of nitrogens with zero attached hydrogens (tertiary/aromatic N) is 2. The largest absolute Gasteiger partial charge is 0.454 e. The maximum absolute atomic E-state index is 11.9. The van der Waals surface area contributed by atoms with Crippen molar-refractivity contribution < 1.29 is 28.8 Å². The summed E-state index contributed by atoms with van der Waals surface area (Å²) in [4.78, 5) is 46.9. The molecule has 0 aromatic heterocycles. The molecule has 1 heterocycles. The number of nitro groups is 1. The van der Waals surface area contributed by atoms with E-state index < -0.39 is 30.0 Å². The van der Waals surface area contributed by atoms with Gasteiger partial charge in [0.15, 0.2) is 6.61 Å². The average molecular weight is 351 g/mol. The van der Waals surface area contributed by atoms with Gasteiger partial charge in [-0.15, -0.1) is 0 Å². The quantitative estimate of drug-likeness (QED) is 0.424. The van der Waals surface area contributed by atoms with Crippen LogP contribution in [0.5, 0.6) is 0 Å². The van der Waals surface area contributed by atoms with Gasteiger partial charge in [-0.3, -0.25) is 24.5 Å². The molecule has 0 aliphatic carbocycles. The normalized spacial score (nSPS) is 13.8. The molecule has 0 radical (unpaired) electrons. The number of nitro benzene ring substituents is 1. The first-order valence-electron chi connectivity index (χ1n) is 7.51. The number of ether oxygens (including phenoxy) is 2. The summed E-state index contributed by atoms with van der Waals surface area (Å²) in [6.07, 6.45) is 0. The lowest BCUT2D eigenvalue weighted by atomic mass is 10.2. The predicted octanol–water partition coefficient (Wildman–Crippen LogP) is -0.273. The van der Waals surface area contributed by atoms with E-state index >= 15 is 0 Å². The number of rotatable bonds is 6. The standard InChI is InChI=1S/C15H17N3O7/c19-13(17-4-6-24-7-5-17)10-25-14(20)9-16-15(21)11-2-1-3-12(8-11)18(22)23/h1-3,8H,4-7,9-10H2,(H,16,21). The Bertz CT molecular complexity index is 671. The summed E-state index contributed by atoms with van der Waals surface area (Å²) < 4.78 is 9.93. The number of hydrogen-bond donors (Lipinski definition) is 1. The Morgan fingerprint density at radius 1 is 1.28 bits per heavy atom. The maximum atomic E-state index is 11.9. The second kappa shape index (κ2) is 8.73. The third-order valence-electron chi connectivity index (χ3n) is 3.43. The fourth-order valence-corrected chi connectivity index (χ4v) is 2.11. The van der Waals surface area contributed by atoms with Crippen LogP contribution in [-0.4, -0.2) is 67.1 Å². The molecule has 0 bridgehead atoms. The molecule has 1 aliphatic rings. The highest BCUT2D eigenvalue weighted by atomic mass is 16.6. The topological polar surface area (TPSA) is 128 Å². The Balaban J connectivity index is 1.75. The molecule has 2 amide bonds. The van der Waals surface area contributed by atoms with E-state index in [1.807, 2.05) is 0 Å². The van der Waals surface area contributed by atoms with Gasteiger partial charge in [-0.2, -0.15) is 0 Å². The van der Waals surface area contributed by atoms with Crippen LogP contribution in [0.15, 0.2) is 24.3 Å². The van der Waals surface area contributed by atoms with Gasteiger partial charge < -0.3 is 19.7 Å². The number of benzene rings is 1. The molecule has 10 heteroatoms. The lowest BCUT2D eigenvalue weighted by Crippen LogP contribution is -2.43. The summed E-state index contributed by atoms with van der Waals surface area (Å²) >= 11 is 0. The third-order valence-corrected chi connectivity index (χ3v) is 3.43. The van der Waals surface area contributed by atoms with Gasteiger partial charge in [0.25, 0.3) is 17.5 Å². The van der Waals surface area contributed by atoms with E-state index in [2.05, 4.69) is 5.32 Å². The van der Waals surface area contributed by atoms with Crippen LogP contribution < -0.4 is 5.32 Å². The van der Waals surface area contributed by atoms with E-state index in [0.717, 1.165) is 6.07 Å². The zero-order chi connectivity index (χ0) is 18.2. The van der Waals surface area contributed by atoms with Crippen LogP contribution in [0.25, 0.3) is 0 Å². The summed E-state index contributed by atoms with van der Waals surface area (Å²) in [5.41, 5.74) is -0.183. The molecule has 1 aliphatic heterocycles. The summed E-state index contributed by atoms with van der Waals surface area (Å²) in [7, 11) is 0. The molecule has 1 N–H and O–H groups in total. The molecule has 1 aromatic carbocycles. The van der Waals surface area contributed by atoms with Crippen molar-refractivity contribution in [2.45, 2.75) is 0 Å². The number of amides is 2. The van der Waals surface area contributed by atoms with Crippen molar-refractivity contribution in [3.05, 3.63) is 39.9 Å². The Morgan fingerprint density at radius 2 is 2.00 bits per heavy atom. The van der Waals surface area contributed by atoms with Gasteiger partial charge in [0, 0.05) is 30.8 Å². The van der Waals surface area contributed by atoms with E-state index in [9.17, 15) is 24.5 Å². The van der Waals surface area contributed by atoms with Crippen LogP contribution in [-0.2, 0) is 19.1 Å². The lowest BCUT2D eigenvalue weighted by Gasteiger charge is -2.26. The van der Waals surface area contributed by atoms with E-state index in [1.165, 1.54) is 23.1 Å². The van der Waals surface area contributed by atoms with Crippen LogP contribution in [0.2, 0.25) is 0 Å². The highest BCUT2D eigenvalue weighted by Gasteiger charge is 2.18. The van der Waals surface area contributed by atoms with Crippen molar-refractivity contribution in [3.63, 3.8) is 0 Å². The van der Waals surface area contributed by atoms with E-state index in [0.29, 0.717) is 26.3 Å². The SMILES string of the molecule is O=C(CNC(=O)c1cccc([N+](=O)[O-])c1)OCC(=O)N1CCOCC1. The van der Waals surface area contributed by atoms with Gasteiger partial charge in [0.05, 0.1) is 18.1 Å². The second-order valence-corrected chi connectivity index (χ2v) is 5.14. The molecule has 25 heavy (non-hydrogen) atoms. The number of non-ortho nitro benzene ring substituents is 1. The van der Waals surface area contributed by atoms with Gasteiger partial charge in [0.1, 0.15) is 6.54 Å². The first-order valence-corrected chi connectivity index (χ1v) is 7.51. The van der Waals surface area contributed by atoms with Crippen LogP contribution >= 0.6 is 0 Å². The fourth-order valence-electron chi connectivity index (χ4n) is 2.11. The molecule has 10 nitrogen and oxygen atoms in total. The van der Waals surface area contributed by atoms with Crippen LogP contribution in [0.4, 0.5) is 5.69 Å². The monoisotopic (exact) mass is 351 g/mol. The molecular formula is C15H17N3O7. The van der Waals surface area contributed by atoms with Crippen LogP contribution in [0, 0.1) is 10.1 Å². The Hall–Kier alpha value is -3.01. The Morgan fingerprint density at radius 3 is 2.68 bits per heavy atom. The van der Waals surface area contributed by atoms with Crippen molar-refractivity contribution in [2.24, 2.45) is 0 Å². The van der Waals surface area contributed by atoms with Crippen molar-refractivity contribution in [3.8, 4) is 0 Å². The molecule has 1 fully saturated rings. The molecule has 1 aromatic rings. The highest BCUT2D eigenvalue weighted by molar-refractivity contribution is 5.96. The summed E-state index contributed by atoms with van der Waals surface area (Å²) in [6.45, 7) is 0.918. The molecule has 0 saturated carbocycles. The van der Waals surface area contributed by atoms with Crippen molar-refractivity contribution in [2.75, 3.05) is 39.5 Å². The van der Waals surface area contributed by atoms with Crippen LogP contribution in [0.3, 0.4) is 0 Å². The first kappa shape index (κ1) is 18.3. The van der Waals surface area contributed by atoms with Gasteiger partial charge in [-0.05, 0) is 6.07 Å². The lowest BCUT2D eigenvalue weighted by molar-refractivity contribution is -0.384. The predicted molar refractivity (Wildman–Crippen MR) is 83.8 cm³/mol. The number of hydrogen-bond acceptors (Lipinski definition) is 7. The minimum Gasteiger partial charge on any atom is -0.454 e. The van der Waals surface area contributed by atoms with Gasteiger partial charge in [0.2, 0.25) is 0 Å².